The standard InChI is InChI=1S/C37H56O2/c1-10-15-25(6)30-22-33(27(8)17-12-3)36(28(9)18-13-4)34(23-30)37(39)35(38)24-31-21-29(14-5)19-20-32(31)26(7)16-11-2/h19-28,38H,10-18H2,1-9H3/b35-24-. The zero-order valence-corrected chi connectivity index (χ0v) is 26.5. The Morgan fingerprint density at radius 3 is 1.82 bits per heavy atom. The minimum absolute atomic E-state index is 0.146. The Morgan fingerprint density at radius 2 is 1.26 bits per heavy atom. The molecule has 0 aliphatic carbocycles. The smallest absolute Gasteiger partial charge is 0.227 e. The molecule has 0 aliphatic rings. The highest BCUT2D eigenvalue weighted by Crippen LogP contribution is 2.38. The first-order chi connectivity index (χ1) is 18.6. The van der Waals surface area contributed by atoms with Crippen LogP contribution in [0, 0.1) is 0 Å². The molecule has 0 fully saturated rings. The molecule has 0 aliphatic heterocycles. The molecule has 216 valence electrons. The van der Waals surface area contributed by atoms with Crippen LogP contribution < -0.4 is 0 Å². The van der Waals surface area contributed by atoms with Gasteiger partial charge in [0.25, 0.3) is 0 Å². The van der Waals surface area contributed by atoms with Crippen LogP contribution in [0.15, 0.2) is 36.1 Å². The summed E-state index contributed by atoms with van der Waals surface area (Å²) in [4.78, 5) is 14.2. The van der Waals surface area contributed by atoms with E-state index in [0.29, 0.717) is 23.3 Å². The fourth-order valence-electron chi connectivity index (χ4n) is 6.25. The number of hydrogen-bond donors (Lipinski definition) is 1. The molecule has 2 nitrogen and oxygen atoms in total. The fraction of sp³-hybridized carbons (Fsp3) is 0.595. The highest BCUT2D eigenvalue weighted by Gasteiger charge is 2.26. The second-order valence-corrected chi connectivity index (χ2v) is 12.0. The third kappa shape index (κ3) is 8.57. The number of hydrogen-bond acceptors (Lipinski definition) is 2. The fourth-order valence-corrected chi connectivity index (χ4v) is 6.25. The highest BCUT2D eigenvalue weighted by atomic mass is 16.3. The van der Waals surface area contributed by atoms with Gasteiger partial charge in [-0.3, -0.25) is 4.79 Å². The first kappa shape index (κ1) is 32.9. The number of aliphatic hydroxyl groups is 1. The van der Waals surface area contributed by atoms with E-state index in [1.807, 2.05) is 0 Å². The van der Waals surface area contributed by atoms with E-state index in [1.54, 1.807) is 6.08 Å². The predicted molar refractivity (Wildman–Crippen MR) is 170 cm³/mol. The first-order valence-electron chi connectivity index (χ1n) is 15.9. The van der Waals surface area contributed by atoms with Gasteiger partial charge in [0.1, 0.15) is 0 Å². The molecule has 2 aromatic rings. The Hall–Kier alpha value is -2.35. The molecule has 0 amide bonds. The lowest BCUT2D eigenvalue weighted by molar-refractivity contribution is 0.0978. The van der Waals surface area contributed by atoms with Gasteiger partial charge in [-0.15, -0.1) is 0 Å². The number of carbonyl (C=O) groups excluding carboxylic acids is 1. The van der Waals surface area contributed by atoms with Gasteiger partial charge in [-0.1, -0.05) is 112 Å². The molecule has 4 atom stereocenters. The molecule has 39 heavy (non-hydrogen) atoms. The minimum atomic E-state index is -0.237. The molecule has 2 aromatic carbocycles. The van der Waals surface area contributed by atoms with E-state index in [2.05, 4.69) is 92.6 Å². The summed E-state index contributed by atoms with van der Waals surface area (Å²) in [7, 11) is 0. The van der Waals surface area contributed by atoms with Crippen LogP contribution in [0.25, 0.3) is 6.08 Å². The maximum absolute atomic E-state index is 14.2. The summed E-state index contributed by atoms with van der Waals surface area (Å²) in [5.74, 6) is 0.994. The van der Waals surface area contributed by atoms with Gasteiger partial charge in [-0.2, -0.15) is 0 Å². The van der Waals surface area contributed by atoms with Crippen LogP contribution in [0.4, 0.5) is 0 Å². The van der Waals surface area contributed by atoms with Gasteiger partial charge in [0.05, 0.1) is 0 Å². The lowest BCUT2D eigenvalue weighted by Crippen LogP contribution is -2.15. The quantitative estimate of drug-likeness (QED) is 0.133. The van der Waals surface area contributed by atoms with Crippen LogP contribution in [0.3, 0.4) is 0 Å². The van der Waals surface area contributed by atoms with Gasteiger partial charge in [-0.25, -0.2) is 0 Å². The summed E-state index contributed by atoms with van der Waals surface area (Å²) in [5, 5.41) is 11.4. The zero-order chi connectivity index (χ0) is 29.1. The van der Waals surface area contributed by atoms with Crippen molar-refractivity contribution in [3.05, 3.63) is 75.0 Å². The SMILES string of the molecule is CCCC(C)c1cc(C(=O)/C(O)=C/c2cc(CC)ccc2C(C)CCC)c(C(C)CCC)c(C(C)CCC)c1. The number of Topliss-reactive ketones (excluding diaryl/α,β-unsaturated/α-hetero) is 1. The van der Waals surface area contributed by atoms with Gasteiger partial charge >= 0.3 is 0 Å². The minimum Gasteiger partial charge on any atom is -0.504 e. The van der Waals surface area contributed by atoms with E-state index in [0.717, 1.165) is 68.9 Å². The van der Waals surface area contributed by atoms with Gasteiger partial charge in [-0.05, 0) is 101 Å². The number of benzene rings is 2. The van der Waals surface area contributed by atoms with Crippen molar-refractivity contribution >= 4 is 11.9 Å². The third-order valence-electron chi connectivity index (χ3n) is 8.57. The Morgan fingerprint density at radius 1 is 0.718 bits per heavy atom. The van der Waals surface area contributed by atoms with Crippen LogP contribution >= 0.6 is 0 Å². The number of carbonyl (C=O) groups is 1. The summed E-state index contributed by atoms with van der Waals surface area (Å²) < 4.78 is 0. The number of aryl methyl sites for hydroxylation is 1. The van der Waals surface area contributed by atoms with E-state index in [1.165, 1.54) is 22.3 Å². The lowest BCUT2D eigenvalue weighted by atomic mass is 9.78. The Balaban J connectivity index is 2.77. The maximum atomic E-state index is 14.2. The highest BCUT2D eigenvalue weighted by molar-refractivity contribution is 6.11. The van der Waals surface area contributed by atoms with Crippen molar-refractivity contribution in [2.24, 2.45) is 0 Å². The van der Waals surface area contributed by atoms with Gasteiger partial charge in [0, 0.05) is 5.56 Å². The maximum Gasteiger partial charge on any atom is 0.227 e. The van der Waals surface area contributed by atoms with Crippen molar-refractivity contribution in [3.63, 3.8) is 0 Å². The summed E-state index contributed by atoms with van der Waals surface area (Å²) >= 11 is 0. The van der Waals surface area contributed by atoms with E-state index >= 15 is 0 Å². The molecule has 4 unspecified atom stereocenters. The predicted octanol–water partition coefficient (Wildman–Crippen LogP) is 11.6. The van der Waals surface area contributed by atoms with Crippen molar-refractivity contribution in [2.75, 3.05) is 0 Å². The molecule has 0 radical (unpaired) electrons. The molecule has 0 spiro atoms. The zero-order valence-electron chi connectivity index (χ0n) is 26.5. The topological polar surface area (TPSA) is 37.3 Å². The van der Waals surface area contributed by atoms with Crippen molar-refractivity contribution in [2.45, 2.75) is 144 Å². The second-order valence-electron chi connectivity index (χ2n) is 12.0. The number of rotatable bonds is 16. The number of allylic oxidation sites excluding steroid dienone is 1. The Labute approximate surface area is 240 Å². The van der Waals surface area contributed by atoms with Crippen LogP contribution in [0.1, 0.15) is 181 Å². The van der Waals surface area contributed by atoms with Crippen LogP contribution in [0.5, 0.6) is 0 Å². The Bertz CT molecular complexity index is 1090. The Kier molecular flexibility index (Phi) is 13.5. The van der Waals surface area contributed by atoms with Crippen LogP contribution in [-0.4, -0.2) is 10.9 Å². The molecule has 2 rings (SSSR count). The average molecular weight is 533 g/mol. The molecular weight excluding hydrogens is 476 g/mol. The van der Waals surface area contributed by atoms with E-state index in [9.17, 15) is 9.90 Å². The van der Waals surface area contributed by atoms with Crippen LogP contribution in [0.2, 0.25) is 0 Å². The van der Waals surface area contributed by atoms with E-state index in [-0.39, 0.29) is 17.5 Å². The monoisotopic (exact) mass is 532 g/mol. The molecule has 0 aromatic heterocycles. The van der Waals surface area contributed by atoms with Crippen molar-refractivity contribution in [1.29, 1.82) is 0 Å². The van der Waals surface area contributed by atoms with E-state index < -0.39 is 0 Å². The number of aliphatic hydroxyl groups excluding tert-OH is 1. The van der Waals surface area contributed by atoms with Gasteiger partial charge < -0.3 is 5.11 Å². The normalized spacial score (nSPS) is 15.2. The van der Waals surface area contributed by atoms with E-state index in [4.69, 9.17) is 0 Å². The summed E-state index contributed by atoms with van der Waals surface area (Å²) in [6.45, 7) is 20.1. The average Bonchev–Trinajstić information content (AvgIpc) is 2.92. The molecule has 0 saturated carbocycles. The van der Waals surface area contributed by atoms with Gasteiger partial charge in [0.2, 0.25) is 5.78 Å². The van der Waals surface area contributed by atoms with Crippen molar-refractivity contribution in [1.82, 2.24) is 0 Å². The summed E-state index contributed by atoms with van der Waals surface area (Å²) in [5.41, 5.74) is 7.78. The number of ketones is 1. The van der Waals surface area contributed by atoms with Gasteiger partial charge in [0.15, 0.2) is 5.76 Å². The lowest BCUT2D eigenvalue weighted by Gasteiger charge is -2.26. The largest absolute Gasteiger partial charge is 0.504 e. The van der Waals surface area contributed by atoms with Crippen molar-refractivity contribution < 1.29 is 9.90 Å². The second kappa shape index (κ2) is 16.0. The summed E-state index contributed by atoms with van der Waals surface area (Å²) in [6, 6.07) is 11.0. The first-order valence-corrected chi connectivity index (χ1v) is 15.9. The van der Waals surface area contributed by atoms with Crippen molar-refractivity contribution in [3.8, 4) is 0 Å². The molecule has 2 heteroatoms. The molecule has 0 bridgehead atoms. The summed E-state index contributed by atoms with van der Waals surface area (Å²) in [6.07, 6.45) is 11.3. The third-order valence-corrected chi connectivity index (χ3v) is 8.57. The molecular formula is C37H56O2. The molecule has 0 saturated heterocycles. The molecule has 1 N–H and O–H groups in total. The van der Waals surface area contributed by atoms with Crippen LogP contribution in [-0.2, 0) is 6.42 Å². The molecule has 0 heterocycles.